The van der Waals surface area contributed by atoms with E-state index in [1.807, 2.05) is 31.1 Å². The number of hydrogen-bond acceptors (Lipinski definition) is 5. The van der Waals surface area contributed by atoms with Crippen LogP contribution in [0.5, 0.6) is 5.75 Å². The van der Waals surface area contributed by atoms with Gasteiger partial charge in [-0.2, -0.15) is 0 Å². The second kappa shape index (κ2) is 9.13. The van der Waals surface area contributed by atoms with Crippen molar-refractivity contribution in [2.24, 2.45) is 0 Å². The predicted octanol–water partition coefficient (Wildman–Crippen LogP) is 2.93. The Kier molecular flexibility index (Phi) is 6.89. The molecule has 0 bridgehead atoms. The summed E-state index contributed by atoms with van der Waals surface area (Å²) in [6, 6.07) is 9.20. The monoisotopic (exact) mass is 362 g/mol. The first-order valence-corrected chi connectivity index (χ1v) is 8.33. The molecule has 0 radical (unpaired) electrons. The maximum atomic E-state index is 12.0. The van der Waals surface area contributed by atoms with Gasteiger partial charge in [0.15, 0.2) is 0 Å². The maximum absolute atomic E-state index is 12.0. The first-order valence-electron chi connectivity index (χ1n) is 7.96. The number of halogens is 1. The van der Waals surface area contributed by atoms with Crippen molar-refractivity contribution >= 4 is 29.0 Å². The van der Waals surface area contributed by atoms with Gasteiger partial charge in [0, 0.05) is 44.8 Å². The van der Waals surface area contributed by atoms with E-state index < -0.39 is 0 Å². The van der Waals surface area contributed by atoms with Gasteiger partial charge < -0.3 is 20.3 Å². The van der Waals surface area contributed by atoms with E-state index >= 15 is 0 Å². The molecule has 0 unspecified atom stereocenters. The van der Waals surface area contributed by atoms with Crippen LogP contribution in [0.25, 0.3) is 0 Å². The van der Waals surface area contributed by atoms with Crippen LogP contribution < -0.4 is 20.3 Å². The number of ether oxygens (including phenoxy) is 1. The Morgan fingerprint density at radius 3 is 2.72 bits per heavy atom. The normalized spacial score (nSPS) is 10.2. The lowest BCUT2D eigenvalue weighted by atomic mass is 10.2. The fraction of sp³-hybridized carbons (Fsp3) is 0.333. The number of methoxy groups -OCH3 is 1. The highest BCUT2D eigenvalue weighted by Gasteiger charge is 2.06. The molecule has 0 aliphatic rings. The molecule has 1 heterocycles. The third-order valence-electron chi connectivity index (χ3n) is 3.59. The van der Waals surface area contributed by atoms with E-state index in [0.29, 0.717) is 30.3 Å². The summed E-state index contributed by atoms with van der Waals surface area (Å²) < 4.78 is 5.26. The molecule has 2 aromatic rings. The average molecular weight is 363 g/mol. The summed E-state index contributed by atoms with van der Waals surface area (Å²) in [6.45, 7) is 0.945. The van der Waals surface area contributed by atoms with Crippen LogP contribution in [-0.2, 0) is 11.3 Å². The van der Waals surface area contributed by atoms with Gasteiger partial charge in [-0.25, -0.2) is 4.98 Å². The average Bonchev–Trinajstić information content (AvgIpc) is 2.60. The summed E-state index contributed by atoms with van der Waals surface area (Å²) >= 11 is 5.98. The molecular formula is C18H23ClN4O2. The molecule has 6 nitrogen and oxygen atoms in total. The van der Waals surface area contributed by atoms with Crippen molar-refractivity contribution in [1.29, 1.82) is 0 Å². The van der Waals surface area contributed by atoms with Crippen LogP contribution in [0.2, 0.25) is 5.02 Å². The minimum Gasteiger partial charge on any atom is -0.495 e. The zero-order chi connectivity index (χ0) is 18.2. The zero-order valence-electron chi connectivity index (χ0n) is 14.7. The minimum absolute atomic E-state index is 0.0369. The molecule has 1 aromatic carbocycles. The molecule has 0 fully saturated rings. The second-order valence-electron chi connectivity index (χ2n) is 5.72. The van der Waals surface area contributed by atoms with Crippen molar-refractivity contribution in [2.45, 2.75) is 13.0 Å². The van der Waals surface area contributed by atoms with Gasteiger partial charge in [-0.05, 0) is 29.8 Å². The molecule has 0 spiro atoms. The second-order valence-corrected chi connectivity index (χ2v) is 6.15. The number of rotatable bonds is 8. The first-order chi connectivity index (χ1) is 12.0. The van der Waals surface area contributed by atoms with Crippen molar-refractivity contribution < 1.29 is 9.53 Å². The molecule has 1 amide bonds. The summed E-state index contributed by atoms with van der Waals surface area (Å²) in [4.78, 5) is 18.2. The summed E-state index contributed by atoms with van der Waals surface area (Å²) in [6.07, 6.45) is 2.11. The summed E-state index contributed by atoms with van der Waals surface area (Å²) in [5.41, 5.74) is 1.73. The lowest BCUT2D eigenvalue weighted by molar-refractivity contribution is -0.121. The number of nitrogens with zero attached hydrogens (tertiary/aromatic N) is 2. The highest BCUT2D eigenvalue weighted by Crippen LogP contribution is 2.27. The van der Waals surface area contributed by atoms with Gasteiger partial charge in [0.2, 0.25) is 5.91 Å². The Hall–Kier alpha value is -2.47. The number of aromatic nitrogens is 1. The maximum Gasteiger partial charge on any atom is 0.222 e. The van der Waals surface area contributed by atoms with Crippen LogP contribution in [-0.4, -0.2) is 38.6 Å². The molecule has 0 aliphatic heterocycles. The number of pyridine rings is 1. The third kappa shape index (κ3) is 5.83. The highest BCUT2D eigenvalue weighted by molar-refractivity contribution is 6.30. The topological polar surface area (TPSA) is 66.5 Å². The van der Waals surface area contributed by atoms with Crippen molar-refractivity contribution in [2.75, 3.05) is 38.0 Å². The predicted molar refractivity (Wildman–Crippen MR) is 102 cm³/mol. The first kappa shape index (κ1) is 18.9. The molecule has 0 aliphatic carbocycles. The molecule has 2 N–H and O–H groups in total. The van der Waals surface area contributed by atoms with E-state index in [1.54, 1.807) is 31.5 Å². The van der Waals surface area contributed by atoms with Gasteiger partial charge in [-0.15, -0.1) is 0 Å². The Labute approximate surface area is 153 Å². The molecule has 7 heteroatoms. The van der Waals surface area contributed by atoms with Crippen LogP contribution in [0.1, 0.15) is 12.0 Å². The van der Waals surface area contributed by atoms with E-state index in [2.05, 4.69) is 15.6 Å². The number of carbonyl (C=O) groups excluding carboxylic acids is 1. The number of hydrogen-bond donors (Lipinski definition) is 2. The SMILES string of the molecule is COc1ccc(Cl)cc1NCCC(=O)NCc1ccc(N(C)C)nc1. The molecular weight excluding hydrogens is 340 g/mol. The lowest BCUT2D eigenvalue weighted by Gasteiger charge is -2.12. The Morgan fingerprint density at radius 1 is 1.28 bits per heavy atom. The molecule has 0 saturated heterocycles. The highest BCUT2D eigenvalue weighted by atomic mass is 35.5. The van der Waals surface area contributed by atoms with Gasteiger partial charge >= 0.3 is 0 Å². The van der Waals surface area contributed by atoms with E-state index in [0.717, 1.165) is 17.1 Å². The van der Waals surface area contributed by atoms with Crippen molar-refractivity contribution in [3.8, 4) is 5.75 Å². The Morgan fingerprint density at radius 2 is 2.08 bits per heavy atom. The molecule has 2 rings (SSSR count). The Balaban J connectivity index is 1.76. The van der Waals surface area contributed by atoms with E-state index in [1.165, 1.54) is 0 Å². The molecule has 134 valence electrons. The number of nitrogens with one attached hydrogen (secondary N) is 2. The fourth-order valence-corrected chi connectivity index (χ4v) is 2.38. The van der Waals surface area contributed by atoms with Crippen LogP contribution in [0.4, 0.5) is 11.5 Å². The number of carbonyl (C=O) groups is 1. The van der Waals surface area contributed by atoms with Crippen LogP contribution >= 0.6 is 11.6 Å². The third-order valence-corrected chi connectivity index (χ3v) is 3.82. The van der Waals surface area contributed by atoms with Gasteiger partial charge in [0.1, 0.15) is 11.6 Å². The molecule has 0 saturated carbocycles. The summed E-state index contributed by atoms with van der Waals surface area (Å²) in [5, 5.41) is 6.66. The van der Waals surface area contributed by atoms with Crippen LogP contribution in [0.15, 0.2) is 36.5 Å². The lowest BCUT2D eigenvalue weighted by Crippen LogP contribution is -2.25. The van der Waals surface area contributed by atoms with E-state index in [-0.39, 0.29) is 5.91 Å². The number of benzene rings is 1. The Bertz CT molecular complexity index is 705. The largest absolute Gasteiger partial charge is 0.495 e. The molecule has 0 atom stereocenters. The van der Waals surface area contributed by atoms with Gasteiger partial charge in [0.25, 0.3) is 0 Å². The molecule has 25 heavy (non-hydrogen) atoms. The zero-order valence-corrected chi connectivity index (χ0v) is 15.4. The van der Waals surface area contributed by atoms with Crippen molar-refractivity contribution in [3.05, 3.63) is 47.1 Å². The van der Waals surface area contributed by atoms with Crippen LogP contribution in [0.3, 0.4) is 0 Å². The van der Waals surface area contributed by atoms with Crippen molar-refractivity contribution in [1.82, 2.24) is 10.3 Å². The van der Waals surface area contributed by atoms with Crippen molar-refractivity contribution in [3.63, 3.8) is 0 Å². The summed E-state index contributed by atoms with van der Waals surface area (Å²) in [7, 11) is 5.47. The van der Waals surface area contributed by atoms with E-state index in [9.17, 15) is 4.79 Å². The standard InChI is InChI=1S/C18H23ClN4O2/c1-23(2)17-7-4-13(11-21-17)12-22-18(24)8-9-20-15-10-14(19)5-6-16(15)25-3/h4-7,10-11,20H,8-9,12H2,1-3H3,(H,22,24). The van der Waals surface area contributed by atoms with E-state index in [4.69, 9.17) is 16.3 Å². The quantitative estimate of drug-likeness (QED) is 0.755. The number of amides is 1. The van der Waals surface area contributed by atoms with Gasteiger partial charge in [0.05, 0.1) is 12.8 Å². The number of anilines is 2. The van der Waals surface area contributed by atoms with Gasteiger partial charge in [-0.3, -0.25) is 4.79 Å². The smallest absolute Gasteiger partial charge is 0.222 e. The van der Waals surface area contributed by atoms with Crippen LogP contribution in [0, 0.1) is 0 Å². The van der Waals surface area contributed by atoms with Gasteiger partial charge in [-0.1, -0.05) is 17.7 Å². The fourth-order valence-electron chi connectivity index (χ4n) is 2.20. The summed E-state index contributed by atoms with van der Waals surface area (Å²) in [5.74, 6) is 1.54. The minimum atomic E-state index is -0.0369. The molecule has 1 aromatic heterocycles.